The number of ether oxygens (including phenoxy) is 1. The summed E-state index contributed by atoms with van der Waals surface area (Å²) in [5, 5.41) is 12.0. The first-order valence-corrected chi connectivity index (χ1v) is 12.3. The molecule has 0 amide bonds. The Hall–Kier alpha value is -2.62. The van der Waals surface area contributed by atoms with Crippen LogP contribution in [-0.4, -0.2) is 21.4 Å². The van der Waals surface area contributed by atoms with Gasteiger partial charge >= 0.3 is 0 Å². The first-order valence-electron chi connectivity index (χ1n) is 9.71. The highest BCUT2D eigenvalue weighted by atomic mass is 79.9. The van der Waals surface area contributed by atoms with Crippen molar-refractivity contribution in [1.29, 1.82) is 0 Å². The lowest BCUT2D eigenvalue weighted by Crippen LogP contribution is -1.99. The monoisotopic (exact) mass is 571 g/mol. The van der Waals surface area contributed by atoms with Crippen LogP contribution in [0.3, 0.4) is 0 Å². The number of thioether (sulfide) groups is 1. The van der Waals surface area contributed by atoms with E-state index >= 15 is 0 Å². The lowest BCUT2D eigenvalue weighted by molar-refractivity contribution is 0.305. The van der Waals surface area contributed by atoms with Gasteiger partial charge in [-0.25, -0.2) is 10.5 Å². The van der Waals surface area contributed by atoms with Crippen molar-refractivity contribution in [2.75, 3.05) is 5.43 Å². The van der Waals surface area contributed by atoms with Crippen LogP contribution in [0.15, 0.2) is 92.0 Å². The van der Waals surface area contributed by atoms with E-state index in [2.05, 4.69) is 69.7 Å². The molecule has 4 rings (SSSR count). The highest BCUT2D eigenvalue weighted by molar-refractivity contribution is 9.10. The van der Waals surface area contributed by atoms with E-state index in [1.807, 2.05) is 60.7 Å². The molecule has 0 aliphatic rings. The van der Waals surface area contributed by atoms with Gasteiger partial charge < -0.3 is 4.74 Å². The van der Waals surface area contributed by atoms with Gasteiger partial charge in [0, 0.05) is 20.3 Å². The number of para-hydroxylation sites is 1. The number of nitrogens with zero attached hydrogens (tertiary/aromatic N) is 3. The fourth-order valence-electron chi connectivity index (χ4n) is 2.81. The van der Waals surface area contributed by atoms with Gasteiger partial charge in [-0.05, 0) is 47.5 Å². The zero-order valence-electron chi connectivity index (χ0n) is 16.8. The first kappa shape index (κ1) is 22.6. The Balaban J connectivity index is 1.32. The molecular weight excluding hydrogens is 554 g/mol. The van der Waals surface area contributed by atoms with Gasteiger partial charge in [-0.15, -0.1) is 5.10 Å². The van der Waals surface area contributed by atoms with Gasteiger partial charge in [-0.3, -0.25) is 0 Å². The quantitative estimate of drug-likeness (QED) is 0.133. The summed E-state index contributed by atoms with van der Waals surface area (Å²) in [6.07, 6.45) is 1.70. The third kappa shape index (κ3) is 6.69. The van der Waals surface area contributed by atoms with Crippen molar-refractivity contribution in [3.8, 4) is 5.75 Å². The number of hydrogen-bond acceptors (Lipinski definition) is 6. The molecule has 0 unspecified atom stereocenters. The number of aromatic amines is 1. The number of hydrazone groups is 1. The molecule has 0 atom stereocenters. The molecule has 4 aromatic rings. The van der Waals surface area contributed by atoms with Crippen LogP contribution in [0, 0.1) is 0 Å². The Morgan fingerprint density at radius 3 is 2.53 bits per heavy atom. The molecule has 0 radical (unpaired) electrons. The average Bonchev–Trinajstić information content (AvgIpc) is 3.25. The molecule has 32 heavy (non-hydrogen) atoms. The normalized spacial score (nSPS) is 11.1. The minimum absolute atomic E-state index is 0.471. The van der Waals surface area contributed by atoms with Crippen LogP contribution in [-0.2, 0) is 12.4 Å². The number of nitrogens with one attached hydrogen (secondary N) is 2. The molecule has 0 bridgehead atoms. The molecule has 162 valence electrons. The molecule has 0 aliphatic carbocycles. The predicted octanol–water partition coefficient (Wildman–Crippen LogP) is 6.65. The molecule has 9 heteroatoms. The van der Waals surface area contributed by atoms with Crippen molar-refractivity contribution in [2.45, 2.75) is 17.5 Å². The van der Waals surface area contributed by atoms with Crippen molar-refractivity contribution in [3.05, 3.63) is 98.4 Å². The second-order valence-electron chi connectivity index (χ2n) is 6.71. The maximum absolute atomic E-state index is 5.99. The van der Waals surface area contributed by atoms with Crippen molar-refractivity contribution in [1.82, 2.24) is 15.2 Å². The van der Waals surface area contributed by atoms with E-state index in [0.717, 1.165) is 31.6 Å². The maximum atomic E-state index is 5.99. The summed E-state index contributed by atoms with van der Waals surface area (Å²) in [4.78, 5) is 4.41. The van der Waals surface area contributed by atoms with Crippen LogP contribution in [0.1, 0.15) is 16.7 Å². The van der Waals surface area contributed by atoms with Gasteiger partial charge in [-0.2, -0.15) is 10.1 Å². The van der Waals surface area contributed by atoms with Crippen LogP contribution in [0.2, 0.25) is 0 Å². The van der Waals surface area contributed by atoms with E-state index in [-0.39, 0.29) is 0 Å². The Labute approximate surface area is 207 Å². The van der Waals surface area contributed by atoms with Gasteiger partial charge in [0.1, 0.15) is 12.4 Å². The summed E-state index contributed by atoms with van der Waals surface area (Å²) in [5.41, 5.74) is 6.02. The molecule has 3 aromatic carbocycles. The molecular formula is C23H19Br2N5OS. The molecule has 0 saturated heterocycles. The summed E-state index contributed by atoms with van der Waals surface area (Å²) in [7, 11) is 0. The van der Waals surface area contributed by atoms with Crippen molar-refractivity contribution >= 4 is 55.8 Å². The fourth-order valence-corrected chi connectivity index (χ4v) is 4.44. The van der Waals surface area contributed by atoms with Gasteiger partial charge in [0.25, 0.3) is 0 Å². The van der Waals surface area contributed by atoms with Crippen LogP contribution < -0.4 is 10.2 Å². The number of rotatable bonds is 9. The highest BCUT2D eigenvalue weighted by Gasteiger charge is 2.05. The summed E-state index contributed by atoms with van der Waals surface area (Å²) in [5.74, 6) is 2.01. The largest absolute Gasteiger partial charge is 0.488 e. The number of halogens is 2. The Morgan fingerprint density at radius 2 is 1.72 bits per heavy atom. The third-order valence-electron chi connectivity index (χ3n) is 4.30. The van der Waals surface area contributed by atoms with E-state index in [1.165, 1.54) is 5.56 Å². The topological polar surface area (TPSA) is 75.2 Å². The summed E-state index contributed by atoms with van der Waals surface area (Å²) in [6.45, 7) is 0.471. The van der Waals surface area contributed by atoms with E-state index in [0.29, 0.717) is 17.7 Å². The lowest BCUT2D eigenvalue weighted by atomic mass is 10.2. The zero-order valence-corrected chi connectivity index (χ0v) is 20.8. The van der Waals surface area contributed by atoms with Gasteiger partial charge in [0.2, 0.25) is 11.1 Å². The fraction of sp³-hybridized carbons (Fsp3) is 0.0870. The number of benzene rings is 3. The highest BCUT2D eigenvalue weighted by Crippen LogP contribution is 2.22. The number of hydrogen-bond donors (Lipinski definition) is 2. The minimum Gasteiger partial charge on any atom is -0.488 e. The van der Waals surface area contributed by atoms with Crippen LogP contribution in [0.25, 0.3) is 0 Å². The molecule has 1 aromatic heterocycles. The summed E-state index contributed by atoms with van der Waals surface area (Å²) >= 11 is 8.52. The standard InChI is InChI=1S/C23H19Br2N5OS/c24-19-8-3-5-16(11-19)14-31-21-10-2-1-7-18(21)13-26-28-22-27-23(30-29-22)32-15-17-6-4-9-20(25)12-17/h1-13H,14-15H2,(H2,27,28,29,30)/b26-13-. The lowest BCUT2D eigenvalue weighted by Gasteiger charge is -2.09. The summed E-state index contributed by atoms with van der Waals surface area (Å²) in [6, 6.07) is 24.0. The molecule has 0 fully saturated rings. The molecule has 0 saturated carbocycles. The van der Waals surface area contributed by atoms with Crippen LogP contribution in [0.5, 0.6) is 5.75 Å². The van der Waals surface area contributed by atoms with Crippen molar-refractivity contribution in [2.24, 2.45) is 5.10 Å². The number of anilines is 1. The average molecular weight is 573 g/mol. The number of H-pyrrole nitrogens is 1. The number of aromatic nitrogens is 3. The summed E-state index contributed by atoms with van der Waals surface area (Å²) < 4.78 is 8.07. The van der Waals surface area contributed by atoms with Gasteiger partial charge in [0.15, 0.2) is 0 Å². The van der Waals surface area contributed by atoms with Gasteiger partial charge in [0.05, 0.1) is 6.21 Å². The van der Waals surface area contributed by atoms with E-state index in [4.69, 9.17) is 4.74 Å². The Bertz CT molecular complexity index is 1210. The predicted molar refractivity (Wildman–Crippen MR) is 136 cm³/mol. The molecule has 1 heterocycles. The van der Waals surface area contributed by atoms with Crippen LogP contribution >= 0.6 is 43.6 Å². The van der Waals surface area contributed by atoms with Gasteiger partial charge in [-0.1, -0.05) is 80.0 Å². The Morgan fingerprint density at radius 1 is 0.969 bits per heavy atom. The zero-order chi connectivity index (χ0) is 22.2. The van der Waals surface area contributed by atoms with E-state index < -0.39 is 0 Å². The van der Waals surface area contributed by atoms with Crippen molar-refractivity contribution < 1.29 is 4.74 Å². The second kappa shape index (κ2) is 11.3. The SMILES string of the molecule is Brc1cccc(COc2ccccc2/C=N\Nc2nc(SCc3cccc(Br)c3)n[nH]2)c1. The Kier molecular flexibility index (Phi) is 7.97. The maximum Gasteiger partial charge on any atom is 0.240 e. The smallest absolute Gasteiger partial charge is 0.240 e. The van der Waals surface area contributed by atoms with Crippen molar-refractivity contribution in [3.63, 3.8) is 0 Å². The molecule has 0 aliphatic heterocycles. The molecule has 2 N–H and O–H groups in total. The van der Waals surface area contributed by atoms with E-state index in [9.17, 15) is 0 Å². The van der Waals surface area contributed by atoms with Crippen LogP contribution in [0.4, 0.5) is 5.95 Å². The van der Waals surface area contributed by atoms with E-state index in [1.54, 1.807) is 18.0 Å². The second-order valence-corrected chi connectivity index (χ2v) is 9.49. The minimum atomic E-state index is 0.471. The molecule has 0 spiro atoms. The first-order chi connectivity index (χ1) is 15.7. The third-order valence-corrected chi connectivity index (χ3v) is 6.20. The molecule has 6 nitrogen and oxygen atoms in total.